The summed E-state index contributed by atoms with van der Waals surface area (Å²) in [5, 5.41) is 3.96. The van der Waals surface area contributed by atoms with E-state index in [1.54, 1.807) is 31.7 Å². The molecular formula is C19H20N6O2. The third kappa shape index (κ3) is 3.99. The lowest BCUT2D eigenvalue weighted by Crippen LogP contribution is -2.39. The number of carbonyl (C=O) groups excluding carboxylic acids is 1. The van der Waals surface area contributed by atoms with Gasteiger partial charge in [0.1, 0.15) is 0 Å². The highest BCUT2D eigenvalue weighted by atomic mass is 16.5. The number of likely N-dealkylation sites (tertiary alicyclic amines) is 1. The van der Waals surface area contributed by atoms with Crippen molar-refractivity contribution in [2.75, 3.05) is 13.1 Å². The second kappa shape index (κ2) is 7.61. The molecule has 1 aliphatic heterocycles. The summed E-state index contributed by atoms with van der Waals surface area (Å²) in [6, 6.07) is 3.68. The zero-order valence-corrected chi connectivity index (χ0v) is 15.1. The summed E-state index contributed by atoms with van der Waals surface area (Å²) in [6.45, 7) is 3.22. The lowest BCUT2D eigenvalue weighted by Gasteiger charge is -2.31. The van der Waals surface area contributed by atoms with Crippen molar-refractivity contribution in [1.82, 2.24) is 30.0 Å². The van der Waals surface area contributed by atoms with Gasteiger partial charge in [0.05, 0.1) is 5.56 Å². The van der Waals surface area contributed by atoms with E-state index < -0.39 is 0 Å². The fourth-order valence-electron chi connectivity index (χ4n) is 3.29. The molecule has 0 saturated carbocycles. The van der Waals surface area contributed by atoms with Gasteiger partial charge in [-0.3, -0.25) is 9.78 Å². The predicted octanol–water partition coefficient (Wildman–Crippen LogP) is 2.32. The third-order valence-electron chi connectivity index (χ3n) is 4.78. The fraction of sp³-hybridized carbons (Fsp3) is 0.368. The number of pyridine rings is 1. The lowest BCUT2D eigenvalue weighted by molar-refractivity contribution is 0.0688. The van der Waals surface area contributed by atoms with Gasteiger partial charge in [0.2, 0.25) is 5.89 Å². The largest absolute Gasteiger partial charge is 0.340 e. The molecule has 27 heavy (non-hydrogen) atoms. The predicted molar refractivity (Wildman–Crippen MR) is 96.6 cm³/mol. The number of amides is 1. The van der Waals surface area contributed by atoms with Gasteiger partial charge < -0.3 is 9.42 Å². The van der Waals surface area contributed by atoms with Crippen LogP contribution in [0.4, 0.5) is 0 Å². The van der Waals surface area contributed by atoms with Gasteiger partial charge in [0.25, 0.3) is 5.91 Å². The molecule has 4 heterocycles. The number of carbonyl (C=O) groups is 1. The minimum absolute atomic E-state index is 0.0230. The van der Waals surface area contributed by atoms with Crippen LogP contribution >= 0.6 is 0 Å². The van der Waals surface area contributed by atoms with Crippen molar-refractivity contribution in [2.45, 2.75) is 26.2 Å². The number of rotatable bonds is 4. The van der Waals surface area contributed by atoms with Crippen LogP contribution in [0, 0.1) is 12.8 Å². The Balaban J connectivity index is 1.35. The monoisotopic (exact) mass is 364 g/mol. The third-order valence-corrected chi connectivity index (χ3v) is 4.78. The number of aryl methyl sites for hydroxylation is 1. The van der Waals surface area contributed by atoms with Gasteiger partial charge in [-0.1, -0.05) is 5.16 Å². The van der Waals surface area contributed by atoms with Crippen LogP contribution in [0.2, 0.25) is 0 Å². The molecule has 3 aromatic heterocycles. The molecule has 0 aromatic carbocycles. The number of nitrogens with zero attached hydrogens (tertiary/aromatic N) is 6. The van der Waals surface area contributed by atoms with Crippen LogP contribution in [-0.2, 0) is 6.42 Å². The average Bonchev–Trinajstić information content (AvgIpc) is 3.13. The Labute approximate surface area is 156 Å². The van der Waals surface area contributed by atoms with Crippen molar-refractivity contribution >= 4 is 5.91 Å². The molecule has 0 bridgehead atoms. The summed E-state index contributed by atoms with van der Waals surface area (Å²) in [4.78, 5) is 31.5. The van der Waals surface area contributed by atoms with E-state index in [-0.39, 0.29) is 5.91 Å². The van der Waals surface area contributed by atoms with E-state index in [2.05, 4.69) is 25.1 Å². The quantitative estimate of drug-likeness (QED) is 0.700. The number of hydrogen-bond donors (Lipinski definition) is 0. The summed E-state index contributed by atoms with van der Waals surface area (Å²) >= 11 is 0. The lowest BCUT2D eigenvalue weighted by atomic mass is 9.93. The molecule has 138 valence electrons. The Morgan fingerprint density at radius 2 is 1.89 bits per heavy atom. The Hall–Kier alpha value is -3.16. The molecule has 8 heteroatoms. The summed E-state index contributed by atoms with van der Waals surface area (Å²) < 4.78 is 5.02. The standard InChI is InChI=1S/C19H20N6O2/c1-13-23-17(24-27-13)10-14-4-8-25(9-5-14)19(26)16-11-21-18(22-12-16)15-2-6-20-7-3-15/h2-3,6-7,11-12,14H,4-5,8-10H2,1H3. The highest BCUT2D eigenvalue weighted by molar-refractivity contribution is 5.93. The van der Waals surface area contributed by atoms with Gasteiger partial charge in [-0.15, -0.1) is 0 Å². The zero-order valence-electron chi connectivity index (χ0n) is 15.1. The second-order valence-corrected chi connectivity index (χ2v) is 6.70. The summed E-state index contributed by atoms with van der Waals surface area (Å²) in [6.07, 6.45) is 9.22. The maximum Gasteiger partial charge on any atom is 0.256 e. The highest BCUT2D eigenvalue weighted by Crippen LogP contribution is 2.22. The van der Waals surface area contributed by atoms with Crippen molar-refractivity contribution in [2.24, 2.45) is 5.92 Å². The van der Waals surface area contributed by atoms with Gasteiger partial charge in [-0.2, -0.15) is 4.98 Å². The van der Waals surface area contributed by atoms with Crippen molar-refractivity contribution in [3.63, 3.8) is 0 Å². The topological polar surface area (TPSA) is 97.9 Å². The maximum atomic E-state index is 12.7. The van der Waals surface area contributed by atoms with Crippen LogP contribution in [0.1, 0.15) is 34.9 Å². The van der Waals surface area contributed by atoms with E-state index >= 15 is 0 Å². The molecule has 4 rings (SSSR count). The molecule has 0 atom stereocenters. The minimum Gasteiger partial charge on any atom is -0.340 e. The fourth-order valence-corrected chi connectivity index (χ4v) is 3.29. The highest BCUT2D eigenvalue weighted by Gasteiger charge is 2.25. The smallest absolute Gasteiger partial charge is 0.256 e. The molecule has 3 aromatic rings. The first-order chi connectivity index (χ1) is 13.2. The van der Waals surface area contributed by atoms with Crippen LogP contribution in [-0.4, -0.2) is 49.0 Å². The van der Waals surface area contributed by atoms with Gasteiger partial charge in [0, 0.05) is 56.8 Å². The SMILES string of the molecule is Cc1nc(CC2CCN(C(=O)c3cnc(-c4ccncc4)nc3)CC2)no1. The van der Waals surface area contributed by atoms with Gasteiger partial charge in [0.15, 0.2) is 11.6 Å². The molecule has 0 aliphatic carbocycles. The number of aromatic nitrogens is 5. The molecule has 1 saturated heterocycles. The van der Waals surface area contributed by atoms with E-state index in [0.717, 1.165) is 30.7 Å². The number of piperidine rings is 1. The van der Waals surface area contributed by atoms with Crippen molar-refractivity contribution in [3.05, 3.63) is 54.2 Å². The maximum absolute atomic E-state index is 12.7. The molecule has 1 amide bonds. The van der Waals surface area contributed by atoms with Gasteiger partial charge in [-0.05, 0) is 30.9 Å². The van der Waals surface area contributed by atoms with E-state index in [1.165, 1.54) is 0 Å². The van der Waals surface area contributed by atoms with Crippen LogP contribution in [0.3, 0.4) is 0 Å². The zero-order chi connectivity index (χ0) is 18.6. The average molecular weight is 364 g/mol. The van der Waals surface area contributed by atoms with Crippen LogP contribution in [0.25, 0.3) is 11.4 Å². The van der Waals surface area contributed by atoms with E-state index in [9.17, 15) is 4.79 Å². The summed E-state index contributed by atoms with van der Waals surface area (Å²) in [7, 11) is 0. The normalized spacial score (nSPS) is 15.1. The Bertz CT molecular complexity index is 901. The van der Waals surface area contributed by atoms with Crippen LogP contribution in [0.5, 0.6) is 0 Å². The Morgan fingerprint density at radius 3 is 2.52 bits per heavy atom. The van der Waals surface area contributed by atoms with Crippen molar-refractivity contribution in [1.29, 1.82) is 0 Å². The van der Waals surface area contributed by atoms with E-state index in [4.69, 9.17) is 4.52 Å². The first kappa shape index (κ1) is 17.3. The van der Waals surface area contributed by atoms with Crippen LogP contribution in [0.15, 0.2) is 41.4 Å². The van der Waals surface area contributed by atoms with E-state index in [1.807, 2.05) is 17.0 Å². The second-order valence-electron chi connectivity index (χ2n) is 6.70. The molecule has 0 radical (unpaired) electrons. The summed E-state index contributed by atoms with van der Waals surface area (Å²) in [5.74, 6) is 2.37. The molecule has 1 aliphatic rings. The molecule has 1 fully saturated rings. The first-order valence-electron chi connectivity index (χ1n) is 9.00. The first-order valence-corrected chi connectivity index (χ1v) is 9.00. The molecule has 0 N–H and O–H groups in total. The van der Waals surface area contributed by atoms with Crippen LogP contribution < -0.4 is 0 Å². The number of hydrogen-bond acceptors (Lipinski definition) is 7. The summed E-state index contributed by atoms with van der Waals surface area (Å²) in [5.41, 5.74) is 1.39. The van der Waals surface area contributed by atoms with Crippen molar-refractivity contribution < 1.29 is 9.32 Å². The molecule has 0 spiro atoms. The van der Waals surface area contributed by atoms with E-state index in [0.29, 0.717) is 36.3 Å². The molecule has 0 unspecified atom stereocenters. The van der Waals surface area contributed by atoms with Gasteiger partial charge in [-0.25, -0.2) is 9.97 Å². The van der Waals surface area contributed by atoms with Crippen molar-refractivity contribution in [3.8, 4) is 11.4 Å². The Morgan fingerprint density at radius 1 is 1.19 bits per heavy atom. The molecule has 8 nitrogen and oxygen atoms in total. The van der Waals surface area contributed by atoms with Gasteiger partial charge >= 0.3 is 0 Å². The minimum atomic E-state index is -0.0230. The molecular weight excluding hydrogens is 344 g/mol. The Kier molecular flexibility index (Phi) is 4.86.